The Morgan fingerprint density at radius 2 is 2.15 bits per heavy atom. The Kier molecular flexibility index (Phi) is 4.14. The van der Waals surface area contributed by atoms with E-state index in [4.69, 9.17) is 4.74 Å². The lowest BCUT2D eigenvalue weighted by Gasteiger charge is -2.34. The zero-order chi connectivity index (χ0) is 19.5. The molecule has 0 N–H and O–H groups in total. The number of ether oxygens (including phenoxy) is 1. The van der Waals surface area contributed by atoms with Gasteiger partial charge < -0.3 is 19.4 Å². The van der Waals surface area contributed by atoms with Crippen LogP contribution in [0.1, 0.15) is 42.7 Å². The molecule has 0 aliphatic carbocycles. The summed E-state index contributed by atoms with van der Waals surface area (Å²) in [5.41, 5.74) is 0.482. The first-order valence-corrected chi connectivity index (χ1v) is 9.54. The Hall–Kier alpha value is -2.22. The van der Waals surface area contributed by atoms with Gasteiger partial charge in [-0.3, -0.25) is 9.59 Å². The van der Waals surface area contributed by atoms with Crippen LogP contribution in [0.4, 0.5) is 5.95 Å². The fourth-order valence-electron chi connectivity index (χ4n) is 4.65. The first-order chi connectivity index (χ1) is 12.8. The fourth-order valence-corrected chi connectivity index (χ4v) is 4.65. The predicted octanol–water partition coefficient (Wildman–Crippen LogP) is 1.05. The largest absolute Gasteiger partial charge is 0.351 e. The van der Waals surface area contributed by atoms with Gasteiger partial charge in [0.1, 0.15) is 0 Å². The van der Waals surface area contributed by atoms with Crippen LogP contribution in [0.2, 0.25) is 0 Å². The Bertz CT molecular complexity index is 796. The molecule has 3 saturated heterocycles. The minimum absolute atomic E-state index is 0.0852. The molecule has 1 spiro atoms. The number of nitrogens with zero attached hydrogens (tertiary/aromatic N) is 5. The molecule has 0 saturated carbocycles. The summed E-state index contributed by atoms with van der Waals surface area (Å²) in [6, 6.07) is -0.156. The number of amides is 2. The van der Waals surface area contributed by atoms with Gasteiger partial charge >= 0.3 is 0 Å². The van der Waals surface area contributed by atoms with E-state index in [1.165, 1.54) is 0 Å². The number of aryl methyl sites for hydroxylation is 1. The standard InChI is InChI=1S/C19H27N5O3/c1-11(2)14-10-27-19-6-7-23(15(19)8-16(25)24(14)19)17(26)13-9-20-18(22(4)5)21-12(13)3/h9,11,14-15H,6-8,10H2,1-5H3/t14-,15+,19-/m0/s1. The second-order valence-electron chi connectivity index (χ2n) is 8.26. The van der Waals surface area contributed by atoms with Crippen LogP contribution < -0.4 is 4.90 Å². The van der Waals surface area contributed by atoms with Gasteiger partial charge in [0.15, 0.2) is 5.72 Å². The van der Waals surface area contributed by atoms with Gasteiger partial charge in [-0.2, -0.15) is 0 Å². The molecule has 4 rings (SSSR count). The summed E-state index contributed by atoms with van der Waals surface area (Å²) in [6.07, 6.45) is 2.57. The van der Waals surface area contributed by atoms with Crippen molar-refractivity contribution in [2.24, 2.45) is 5.92 Å². The van der Waals surface area contributed by atoms with Crippen LogP contribution in [0.15, 0.2) is 6.20 Å². The molecule has 3 aliphatic heterocycles. The summed E-state index contributed by atoms with van der Waals surface area (Å²) >= 11 is 0. The number of likely N-dealkylation sites (tertiary alicyclic amines) is 1. The number of anilines is 1. The Morgan fingerprint density at radius 1 is 1.41 bits per heavy atom. The summed E-state index contributed by atoms with van der Waals surface area (Å²) in [6.45, 7) is 7.16. The molecule has 1 aromatic rings. The predicted molar refractivity (Wildman–Crippen MR) is 99.3 cm³/mol. The summed E-state index contributed by atoms with van der Waals surface area (Å²) in [5.74, 6) is 0.865. The third-order valence-electron chi connectivity index (χ3n) is 6.12. The lowest BCUT2D eigenvalue weighted by molar-refractivity contribution is -0.139. The van der Waals surface area contributed by atoms with E-state index in [9.17, 15) is 9.59 Å². The van der Waals surface area contributed by atoms with Crippen LogP contribution in [0, 0.1) is 12.8 Å². The monoisotopic (exact) mass is 373 g/mol. The number of carbonyl (C=O) groups is 2. The van der Waals surface area contributed by atoms with Crippen molar-refractivity contribution in [3.05, 3.63) is 17.5 Å². The number of aromatic nitrogens is 2. The Morgan fingerprint density at radius 3 is 2.78 bits per heavy atom. The lowest BCUT2D eigenvalue weighted by atomic mass is 10.0. The highest BCUT2D eigenvalue weighted by Crippen LogP contribution is 2.49. The first kappa shape index (κ1) is 18.2. The van der Waals surface area contributed by atoms with Gasteiger partial charge in [-0.1, -0.05) is 13.8 Å². The van der Waals surface area contributed by atoms with Gasteiger partial charge in [-0.15, -0.1) is 0 Å². The highest BCUT2D eigenvalue weighted by Gasteiger charge is 2.65. The van der Waals surface area contributed by atoms with Crippen LogP contribution in [-0.4, -0.2) is 76.6 Å². The third kappa shape index (κ3) is 2.53. The van der Waals surface area contributed by atoms with Crippen molar-refractivity contribution in [1.82, 2.24) is 19.8 Å². The van der Waals surface area contributed by atoms with Gasteiger partial charge in [0.25, 0.3) is 5.91 Å². The normalized spacial score (nSPS) is 29.5. The maximum atomic E-state index is 13.2. The van der Waals surface area contributed by atoms with Crippen molar-refractivity contribution in [3.63, 3.8) is 0 Å². The molecule has 146 valence electrons. The molecule has 27 heavy (non-hydrogen) atoms. The molecule has 8 nitrogen and oxygen atoms in total. The number of rotatable bonds is 3. The summed E-state index contributed by atoms with van der Waals surface area (Å²) in [7, 11) is 3.73. The number of carbonyl (C=O) groups excluding carboxylic acids is 2. The highest BCUT2D eigenvalue weighted by molar-refractivity contribution is 5.96. The van der Waals surface area contributed by atoms with E-state index < -0.39 is 5.72 Å². The second-order valence-corrected chi connectivity index (χ2v) is 8.26. The van der Waals surface area contributed by atoms with Crippen molar-refractivity contribution < 1.29 is 14.3 Å². The molecule has 3 fully saturated rings. The van der Waals surface area contributed by atoms with Crippen LogP contribution in [0.3, 0.4) is 0 Å². The quantitative estimate of drug-likeness (QED) is 0.788. The van der Waals surface area contributed by atoms with Gasteiger partial charge in [-0.25, -0.2) is 9.97 Å². The van der Waals surface area contributed by atoms with Gasteiger partial charge in [0.2, 0.25) is 11.9 Å². The average molecular weight is 373 g/mol. The highest BCUT2D eigenvalue weighted by atomic mass is 16.5. The topological polar surface area (TPSA) is 78.9 Å². The van der Waals surface area contributed by atoms with Crippen LogP contribution >= 0.6 is 0 Å². The molecule has 0 bridgehead atoms. The van der Waals surface area contributed by atoms with Crippen molar-refractivity contribution >= 4 is 17.8 Å². The fraction of sp³-hybridized carbons (Fsp3) is 0.684. The third-order valence-corrected chi connectivity index (χ3v) is 6.12. The van der Waals surface area contributed by atoms with Gasteiger partial charge in [0.05, 0.1) is 36.4 Å². The molecule has 0 radical (unpaired) electrons. The van der Waals surface area contributed by atoms with Crippen LogP contribution in [0.25, 0.3) is 0 Å². The zero-order valence-corrected chi connectivity index (χ0v) is 16.6. The molecule has 2 amide bonds. The van der Waals surface area contributed by atoms with E-state index in [1.54, 1.807) is 16.0 Å². The Balaban J connectivity index is 1.62. The van der Waals surface area contributed by atoms with Gasteiger partial charge in [0, 0.05) is 33.3 Å². The number of hydrogen-bond acceptors (Lipinski definition) is 6. The number of hydrogen-bond donors (Lipinski definition) is 0. The molecular formula is C19H27N5O3. The maximum absolute atomic E-state index is 13.2. The summed E-state index contributed by atoms with van der Waals surface area (Å²) in [5, 5.41) is 0. The summed E-state index contributed by atoms with van der Waals surface area (Å²) < 4.78 is 6.20. The summed E-state index contributed by atoms with van der Waals surface area (Å²) in [4.78, 5) is 40.2. The van der Waals surface area contributed by atoms with E-state index in [-0.39, 0.29) is 23.9 Å². The van der Waals surface area contributed by atoms with E-state index in [0.717, 1.165) is 0 Å². The molecule has 0 unspecified atom stereocenters. The van der Waals surface area contributed by atoms with E-state index in [1.807, 2.05) is 25.9 Å². The van der Waals surface area contributed by atoms with E-state index in [2.05, 4.69) is 23.8 Å². The van der Waals surface area contributed by atoms with E-state index >= 15 is 0 Å². The first-order valence-electron chi connectivity index (χ1n) is 9.54. The lowest BCUT2D eigenvalue weighted by Crippen LogP contribution is -2.51. The Labute approximate surface area is 159 Å². The van der Waals surface area contributed by atoms with E-state index in [0.29, 0.717) is 49.1 Å². The average Bonchev–Trinajstić information content (AvgIpc) is 3.23. The molecular weight excluding hydrogens is 346 g/mol. The molecule has 4 heterocycles. The smallest absolute Gasteiger partial charge is 0.257 e. The van der Waals surface area contributed by atoms with Gasteiger partial charge in [-0.05, 0) is 12.8 Å². The molecule has 3 atom stereocenters. The van der Waals surface area contributed by atoms with Crippen LogP contribution in [-0.2, 0) is 9.53 Å². The molecule has 3 aliphatic rings. The second kappa shape index (κ2) is 6.15. The minimum Gasteiger partial charge on any atom is -0.351 e. The zero-order valence-electron chi connectivity index (χ0n) is 16.6. The van der Waals surface area contributed by atoms with Crippen molar-refractivity contribution in [3.8, 4) is 0 Å². The van der Waals surface area contributed by atoms with Crippen molar-refractivity contribution in [2.45, 2.75) is 51.4 Å². The maximum Gasteiger partial charge on any atom is 0.257 e. The molecule has 1 aromatic heterocycles. The molecule has 0 aromatic carbocycles. The minimum atomic E-state index is -0.653. The van der Waals surface area contributed by atoms with Crippen LogP contribution in [0.5, 0.6) is 0 Å². The SMILES string of the molecule is Cc1nc(N(C)C)ncc1C(=O)N1CC[C@@]23OC[C@@H](C(C)C)N2C(=O)C[C@@H]13. The van der Waals surface area contributed by atoms with Crippen molar-refractivity contribution in [2.75, 3.05) is 32.1 Å². The van der Waals surface area contributed by atoms with Crippen molar-refractivity contribution in [1.29, 1.82) is 0 Å². The molecule has 8 heteroatoms.